The average Bonchev–Trinajstić information content (AvgIpc) is 2.21. The third-order valence-electron chi connectivity index (χ3n) is 2.55. The molecular formula is C11H24N2O. The van der Waals surface area contributed by atoms with E-state index in [-0.39, 0.29) is 5.91 Å². The Hall–Kier alpha value is -0.570. The molecule has 0 bridgehead atoms. The minimum atomic E-state index is 0.266. The van der Waals surface area contributed by atoms with Gasteiger partial charge in [-0.1, -0.05) is 20.3 Å². The van der Waals surface area contributed by atoms with Crippen molar-refractivity contribution in [1.29, 1.82) is 0 Å². The van der Waals surface area contributed by atoms with E-state index < -0.39 is 0 Å². The summed E-state index contributed by atoms with van der Waals surface area (Å²) in [5.74, 6) is 0.871. The summed E-state index contributed by atoms with van der Waals surface area (Å²) in [4.78, 5) is 13.6. The van der Waals surface area contributed by atoms with E-state index in [1.807, 2.05) is 18.9 Å². The predicted octanol–water partition coefficient (Wildman–Crippen LogP) is 1.49. The average molecular weight is 200 g/mol. The highest BCUT2D eigenvalue weighted by atomic mass is 16.2. The number of carbonyl (C=O) groups is 1. The van der Waals surface area contributed by atoms with Gasteiger partial charge in [-0.25, -0.2) is 0 Å². The highest BCUT2D eigenvalue weighted by Gasteiger charge is 2.12. The third-order valence-corrected chi connectivity index (χ3v) is 2.55. The molecule has 0 heterocycles. The van der Waals surface area contributed by atoms with Crippen molar-refractivity contribution in [3.63, 3.8) is 0 Å². The number of carbonyl (C=O) groups excluding carboxylic acids is 1. The Balaban J connectivity index is 3.92. The second-order valence-electron chi connectivity index (χ2n) is 3.80. The van der Waals surface area contributed by atoms with Gasteiger partial charge in [0.2, 0.25) is 5.91 Å². The monoisotopic (exact) mass is 200 g/mol. The molecule has 0 aromatic heterocycles. The van der Waals surface area contributed by atoms with Crippen LogP contribution in [0.2, 0.25) is 0 Å². The molecule has 14 heavy (non-hydrogen) atoms. The molecule has 0 rings (SSSR count). The van der Waals surface area contributed by atoms with Crippen LogP contribution >= 0.6 is 0 Å². The normalized spacial score (nSPS) is 12.6. The smallest absolute Gasteiger partial charge is 0.223 e. The maximum absolute atomic E-state index is 11.7. The van der Waals surface area contributed by atoms with Crippen molar-refractivity contribution in [3.8, 4) is 0 Å². The van der Waals surface area contributed by atoms with Crippen LogP contribution in [-0.4, -0.2) is 37.5 Å². The lowest BCUT2D eigenvalue weighted by atomic mass is 10.1. The fourth-order valence-corrected chi connectivity index (χ4v) is 1.30. The van der Waals surface area contributed by atoms with Crippen LogP contribution in [0.1, 0.15) is 33.6 Å². The van der Waals surface area contributed by atoms with Crippen LogP contribution in [0.25, 0.3) is 0 Å². The van der Waals surface area contributed by atoms with E-state index >= 15 is 0 Å². The van der Waals surface area contributed by atoms with Gasteiger partial charge in [0.15, 0.2) is 0 Å². The van der Waals surface area contributed by atoms with Crippen molar-refractivity contribution in [1.82, 2.24) is 10.2 Å². The van der Waals surface area contributed by atoms with E-state index in [2.05, 4.69) is 19.2 Å². The minimum absolute atomic E-state index is 0.266. The topological polar surface area (TPSA) is 32.3 Å². The van der Waals surface area contributed by atoms with Crippen molar-refractivity contribution in [2.75, 3.05) is 26.7 Å². The molecule has 0 aliphatic heterocycles. The quantitative estimate of drug-likeness (QED) is 0.675. The SMILES string of the molecule is CCC(C)CN(CC)C(=O)CCNC. The Morgan fingerprint density at radius 1 is 1.43 bits per heavy atom. The largest absolute Gasteiger partial charge is 0.343 e. The number of hydrogen-bond acceptors (Lipinski definition) is 2. The van der Waals surface area contributed by atoms with Crippen LogP contribution in [0.4, 0.5) is 0 Å². The first-order valence-electron chi connectivity index (χ1n) is 5.58. The van der Waals surface area contributed by atoms with Crippen molar-refractivity contribution in [2.45, 2.75) is 33.6 Å². The first-order chi connectivity index (χ1) is 6.65. The molecular weight excluding hydrogens is 176 g/mol. The predicted molar refractivity (Wildman–Crippen MR) is 60.3 cm³/mol. The molecule has 0 aromatic carbocycles. The molecule has 0 radical (unpaired) electrons. The van der Waals surface area contributed by atoms with Gasteiger partial charge in [-0.05, 0) is 19.9 Å². The van der Waals surface area contributed by atoms with E-state index in [1.54, 1.807) is 0 Å². The molecule has 1 atom stereocenters. The zero-order valence-corrected chi connectivity index (χ0v) is 9.97. The lowest BCUT2D eigenvalue weighted by molar-refractivity contribution is -0.131. The number of nitrogens with zero attached hydrogens (tertiary/aromatic N) is 1. The van der Waals surface area contributed by atoms with Crippen LogP contribution in [0.3, 0.4) is 0 Å². The summed E-state index contributed by atoms with van der Waals surface area (Å²) in [6.07, 6.45) is 1.75. The number of rotatable bonds is 7. The highest BCUT2D eigenvalue weighted by molar-refractivity contribution is 5.76. The summed E-state index contributed by atoms with van der Waals surface area (Å²) >= 11 is 0. The summed E-state index contributed by atoms with van der Waals surface area (Å²) in [5, 5.41) is 3.00. The zero-order chi connectivity index (χ0) is 11.0. The van der Waals surface area contributed by atoms with Gasteiger partial charge in [0, 0.05) is 26.1 Å². The number of hydrogen-bond donors (Lipinski definition) is 1. The Bertz CT molecular complexity index is 159. The van der Waals surface area contributed by atoms with Gasteiger partial charge in [-0.3, -0.25) is 4.79 Å². The van der Waals surface area contributed by atoms with Crippen LogP contribution in [-0.2, 0) is 4.79 Å². The van der Waals surface area contributed by atoms with Crippen LogP contribution < -0.4 is 5.32 Å². The summed E-state index contributed by atoms with van der Waals surface area (Å²) < 4.78 is 0. The highest BCUT2D eigenvalue weighted by Crippen LogP contribution is 2.05. The minimum Gasteiger partial charge on any atom is -0.343 e. The summed E-state index contributed by atoms with van der Waals surface area (Å²) in [6.45, 7) is 8.89. The fourth-order valence-electron chi connectivity index (χ4n) is 1.30. The first-order valence-corrected chi connectivity index (χ1v) is 5.58. The van der Waals surface area contributed by atoms with Gasteiger partial charge in [0.1, 0.15) is 0 Å². The second kappa shape index (κ2) is 7.80. The lowest BCUT2D eigenvalue weighted by Crippen LogP contribution is -2.35. The standard InChI is InChI=1S/C11H24N2O/c1-5-10(3)9-13(6-2)11(14)7-8-12-4/h10,12H,5-9H2,1-4H3. The van der Waals surface area contributed by atoms with Gasteiger partial charge >= 0.3 is 0 Å². The van der Waals surface area contributed by atoms with Crippen LogP contribution in [0, 0.1) is 5.92 Å². The number of amides is 1. The van der Waals surface area contributed by atoms with Gasteiger partial charge in [0.25, 0.3) is 0 Å². The maximum atomic E-state index is 11.7. The molecule has 1 N–H and O–H groups in total. The van der Waals surface area contributed by atoms with Crippen molar-refractivity contribution in [2.24, 2.45) is 5.92 Å². The van der Waals surface area contributed by atoms with E-state index in [0.29, 0.717) is 12.3 Å². The summed E-state index contributed by atoms with van der Waals surface area (Å²) in [7, 11) is 1.87. The lowest BCUT2D eigenvalue weighted by Gasteiger charge is -2.24. The number of nitrogens with one attached hydrogen (secondary N) is 1. The summed E-state index contributed by atoms with van der Waals surface area (Å²) in [6, 6.07) is 0. The van der Waals surface area contributed by atoms with Crippen molar-refractivity contribution in [3.05, 3.63) is 0 Å². The molecule has 84 valence electrons. The summed E-state index contributed by atoms with van der Waals surface area (Å²) in [5.41, 5.74) is 0. The van der Waals surface area contributed by atoms with E-state index in [4.69, 9.17) is 0 Å². The van der Waals surface area contributed by atoms with Crippen LogP contribution in [0.15, 0.2) is 0 Å². The fraction of sp³-hybridized carbons (Fsp3) is 0.909. The molecule has 0 aliphatic carbocycles. The van der Waals surface area contributed by atoms with Gasteiger partial charge in [-0.15, -0.1) is 0 Å². The van der Waals surface area contributed by atoms with Gasteiger partial charge < -0.3 is 10.2 Å². The molecule has 3 nitrogen and oxygen atoms in total. The third kappa shape index (κ3) is 5.22. The molecule has 1 unspecified atom stereocenters. The molecule has 0 fully saturated rings. The Morgan fingerprint density at radius 2 is 2.07 bits per heavy atom. The zero-order valence-electron chi connectivity index (χ0n) is 9.97. The van der Waals surface area contributed by atoms with E-state index in [1.165, 1.54) is 0 Å². The molecule has 0 aromatic rings. The molecule has 3 heteroatoms. The van der Waals surface area contributed by atoms with Gasteiger partial charge in [-0.2, -0.15) is 0 Å². The molecule has 1 amide bonds. The van der Waals surface area contributed by atoms with E-state index in [0.717, 1.165) is 26.1 Å². The maximum Gasteiger partial charge on any atom is 0.223 e. The first kappa shape index (κ1) is 13.4. The Morgan fingerprint density at radius 3 is 2.50 bits per heavy atom. The van der Waals surface area contributed by atoms with Crippen LogP contribution in [0.5, 0.6) is 0 Å². The van der Waals surface area contributed by atoms with Crippen molar-refractivity contribution >= 4 is 5.91 Å². The molecule has 0 aliphatic rings. The second-order valence-corrected chi connectivity index (χ2v) is 3.80. The van der Waals surface area contributed by atoms with E-state index in [9.17, 15) is 4.79 Å². The Labute approximate surface area is 87.9 Å². The van der Waals surface area contributed by atoms with Crippen molar-refractivity contribution < 1.29 is 4.79 Å². The molecule has 0 spiro atoms. The van der Waals surface area contributed by atoms with Gasteiger partial charge in [0.05, 0.1) is 0 Å². The molecule has 0 saturated heterocycles. The Kier molecular flexibility index (Phi) is 7.48. The molecule has 0 saturated carbocycles.